The molecule has 5 nitrogen and oxygen atoms in total. The fourth-order valence-electron chi connectivity index (χ4n) is 3.42. The minimum Gasteiger partial charge on any atom is -0.466 e. The van der Waals surface area contributed by atoms with Gasteiger partial charge in [0.15, 0.2) is 0 Å². The van der Waals surface area contributed by atoms with Crippen LogP contribution in [-0.4, -0.2) is 40.3 Å². The molecular weight excluding hydrogens is 338 g/mol. The first-order valence-corrected chi connectivity index (χ1v) is 9.12. The summed E-state index contributed by atoms with van der Waals surface area (Å²) in [6.07, 6.45) is 3.96. The lowest BCUT2D eigenvalue weighted by molar-refractivity contribution is -0.150. The number of nitrogens with zero attached hydrogens (tertiary/aromatic N) is 3. The Balaban J connectivity index is 1.76. The fourth-order valence-corrected chi connectivity index (χ4v) is 3.61. The first-order chi connectivity index (χ1) is 12.1. The van der Waals surface area contributed by atoms with Gasteiger partial charge in [0.25, 0.3) is 0 Å². The van der Waals surface area contributed by atoms with Crippen LogP contribution in [0.25, 0.3) is 11.3 Å². The predicted molar refractivity (Wildman–Crippen MR) is 98.3 cm³/mol. The second-order valence-electron chi connectivity index (χ2n) is 6.51. The van der Waals surface area contributed by atoms with E-state index in [1.165, 1.54) is 0 Å². The average molecular weight is 362 g/mol. The number of halogens is 1. The highest BCUT2D eigenvalue weighted by atomic mass is 35.5. The number of ether oxygens (including phenoxy) is 1. The van der Waals surface area contributed by atoms with E-state index in [1.807, 2.05) is 49.1 Å². The molecule has 0 N–H and O–H groups in total. The molecule has 1 aliphatic heterocycles. The van der Waals surface area contributed by atoms with Crippen LogP contribution in [0.1, 0.15) is 25.3 Å². The molecule has 0 spiro atoms. The van der Waals surface area contributed by atoms with Crippen LogP contribution in [0, 0.1) is 5.92 Å². The Hall–Kier alpha value is -1.85. The number of piperidine rings is 1. The fraction of sp³-hybridized carbons (Fsp3) is 0.474. The van der Waals surface area contributed by atoms with Crippen LogP contribution in [0.2, 0.25) is 5.02 Å². The van der Waals surface area contributed by atoms with Crippen molar-refractivity contribution in [1.82, 2.24) is 14.7 Å². The summed E-state index contributed by atoms with van der Waals surface area (Å²) in [6, 6.07) is 7.76. The van der Waals surface area contributed by atoms with Gasteiger partial charge in [0.2, 0.25) is 0 Å². The minimum absolute atomic E-state index is 0.0278. The molecule has 1 aromatic heterocycles. The summed E-state index contributed by atoms with van der Waals surface area (Å²) in [5, 5.41) is 5.31. The van der Waals surface area contributed by atoms with Crippen LogP contribution >= 0.6 is 11.6 Å². The Morgan fingerprint density at radius 1 is 1.44 bits per heavy atom. The van der Waals surface area contributed by atoms with Gasteiger partial charge in [0.1, 0.15) is 0 Å². The molecule has 134 valence electrons. The van der Waals surface area contributed by atoms with Gasteiger partial charge >= 0.3 is 5.97 Å². The van der Waals surface area contributed by atoms with Crippen molar-refractivity contribution in [2.75, 3.05) is 19.7 Å². The first-order valence-electron chi connectivity index (χ1n) is 8.74. The number of aromatic nitrogens is 2. The highest BCUT2D eigenvalue weighted by Crippen LogP contribution is 2.27. The predicted octanol–water partition coefficient (Wildman–Crippen LogP) is 3.52. The van der Waals surface area contributed by atoms with Crippen molar-refractivity contribution in [3.63, 3.8) is 0 Å². The van der Waals surface area contributed by atoms with Gasteiger partial charge in [0.05, 0.1) is 18.2 Å². The quantitative estimate of drug-likeness (QED) is 0.764. The molecule has 0 bridgehead atoms. The van der Waals surface area contributed by atoms with Crippen molar-refractivity contribution in [3.05, 3.63) is 41.0 Å². The number of esters is 1. The number of rotatable bonds is 5. The van der Waals surface area contributed by atoms with Gasteiger partial charge in [-0.3, -0.25) is 14.4 Å². The van der Waals surface area contributed by atoms with Crippen LogP contribution in [0.3, 0.4) is 0 Å². The van der Waals surface area contributed by atoms with Gasteiger partial charge < -0.3 is 4.74 Å². The monoisotopic (exact) mass is 361 g/mol. The van der Waals surface area contributed by atoms with Crippen molar-refractivity contribution in [2.45, 2.75) is 26.3 Å². The number of hydrogen-bond acceptors (Lipinski definition) is 4. The molecule has 0 unspecified atom stereocenters. The molecule has 1 aliphatic rings. The molecule has 1 saturated heterocycles. The lowest BCUT2D eigenvalue weighted by Gasteiger charge is -2.31. The van der Waals surface area contributed by atoms with Crippen LogP contribution in [0.4, 0.5) is 0 Å². The van der Waals surface area contributed by atoms with E-state index in [0.717, 1.165) is 49.3 Å². The molecule has 2 aromatic rings. The molecule has 1 atom stereocenters. The zero-order chi connectivity index (χ0) is 17.8. The molecule has 3 rings (SSSR count). The summed E-state index contributed by atoms with van der Waals surface area (Å²) in [4.78, 5) is 14.4. The van der Waals surface area contributed by atoms with Gasteiger partial charge in [-0.05, 0) is 38.4 Å². The third kappa shape index (κ3) is 4.41. The third-order valence-electron chi connectivity index (χ3n) is 4.52. The largest absolute Gasteiger partial charge is 0.466 e. The summed E-state index contributed by atoms with van der Waals surface area (Å²) in [6.45, 7) is 4.79. The van der Waals surface area contributed by atoms with Crippen LogP contribution in [0.5, 0.6) is 0 Å². The maximum Gasteiger partial charge on any atom is 0.310 e. The van der Waals surface area contributed by atoms with E-state index < -0.39 is 0 Å². The maximum absolute atomic E-state index is 12.0. The Labute approximate surface area is 153 Å². The molecular formula is C19H24ClN3O2. The Morgan fingerprint density at radius 2 is 2.28 bits per heavy atom. The lowest BCUT2D eigenvalue weighted by Crippen LogP contribution is -2.38. The third-order valence-corrected chi connectivity index (χ3v) is 4.76. The summed E-state index contributed by atoms with van der Waals surface area (Å²) >= 11 is 6.13. The van der Waals surface area contributed by atoms with Crippen LogP contribution in [-0.2, 0) is 23.1 Å². The van der Waals surface area contributed by atoms with Crippen molar-refractivity contribution >= 4 is 17.6 Å². The van der Waals surface area contributed by atoms with Gasteiger partial charge in [0, 0.05) is 42.5 Å². The highest BCUT2D eigenvalue weighted by molar-refractivity contribution is 6.30. The number of hydrogen-bond donors (Lipinski definition) is 0. The number of aryl methyl sites for hydroxylation is 1. The van der Waals surface area contributed by atoms with E-state index in [-0.39, 0.29) is 11.9 Å². The van der Waals surface area contributed by atoms with E-state index in [9.17, 15) is 4.79 Å². The summed E-state index contributed by atoms with van der Waals surface area (Å²) in [5.41, 5.74) is 3.11. The Morgan fingerprint density at radius 3 is 3.04 bits per heavy atom. The van der Waals surface area contributed by atoms with Gasteiger partial charge in [-0.15, -0.1) is 0 Å². The maximum atomic E-state index is 12.0. The molecule has 0 aliphatic carbocycles. The standard InChI is InChI=1S/C19H24ClN3O2/c1-3-25-19(24)15-7-5-9-23(12-15)13-16-11-22(2)21-18(16)14-6-4-8-17(20)10-14/h4,6,8,10-11,15H,3,5,7,9,12-13H2,1-2H3/t15-/m0/s1. The molecule has 0 amide bonds. The summed E-state index contributed by atoms with van der Waals surface area (Å²) in [5.74, 6) is -0.103. The first kappa shape index (κ1) is 18.0. The average Bonchev–Trinajstić information content (AvgIpc) is 2.96. The second-order valence-corrected chi connectivity index (χ2v) is 6.95. The SMILES string of the molecule is CCOC(=O)[C@H]1CCCN(Cc2cn(C)nc2-c2cccc(Cl)c2)C1. The highest BCUT2D eigenvalue weighted by Gasteiger charge is 2.27. The smallest absolute Gasteiger partial charge is 0.310 e. The van der Waals surface area contributed by atoms with E-state index in [2.05, 4.69) is 10.00 Å². The molecule has 0 saturated carbocycles. The number of benzene rings is 1. The van der Waals surface area contributed by atoms with Crippen LogP contribution in [0.15, 0.2) is 30.5 Å². The zero-order valence-electron chi connectivity index (χ0n) is 14.7. The zero-order valence-corrected chi connectivity index (χ0v) is 15.5. The molecule has 0 radical (unpaired) electrons. The molecule has 1 fully saturated rings. The molecule has 1 aromatic carbocycles. The number of carbonyl (C=O) groups is 1. The van der Waals surface area contributed by atoms with E-state index in [0.29, 0.717) is 11.6 Å². The second kappa shape index (κ2) is 8.02. The normalized spacial score (nSPS) is 18.3. The number of carbonyl (C=O) groups excluding carboxylic acids is 1. The number of likely N-dealkylation sites (tertiary alicyclic amines) is 1. The van der Waals surface area contributed by atoms with Gasteiger partial charge in [-0.2, -0.15) is 5.10 Å². The Kier molecular flexibility index (Phi) is 5.76. The van der Waals surface area contributed by atoms with E-state index in [4.69, 9.17) is 16.3 Å². The van der Waals surface area contributed by atoms with E-state index >= 15 is 0 Å². The van der Waals surface area contributed by atoms with Gasteiger partial charge in [-0.25, -0.2) is 0 Å². The van der Waals surface area contributed by atoms with Crippen molar-refractivity contribution in [1.29, 1.82) is 0 Å². The van der Waals surface area contributed by atoms with Crippen molar-refractivity contribution < 1.29 is 9.53 Å². The molecule has 25 heavy (non-hydrogen) atoms. The van der Waals surface area contributed by atoms with Crippen molar-refractivity contribution in [2.24, 2.45) is 13.0 Å². The Bertz CT molecular complexity index is 744. The van der Waals surface area contributed by atoms with Gasteiger partial charge in [-0.1, -0.05) is 23.7 Å². The molecule has 6 heteroatoms. The van der Waals surface area contributed by atoms with Crippen molar-refractivity contribution in [3.8, 4) is 11.3 Å². The lowest BCUT2D eigenvalue weighted by atomic mass is 9.97. The van der Waals surface area contributed by atoms with E-state index in [1.54, 1.807) is 0 Å². The molecule has 2 heterocycles. The summed E-state index contributed by atoms with van der Waals surface area (Å²) < 4.78 is 7.03. The summed E-state index contributed by atoms with van der Waals surface area (Å²) in [7, 11) is 1.93. The van der Waals surface area contributed by atoms with Crippen LogP contribution < -0.4 is 0 Å². The topological polar surface area (TPSA) is 47.4 Å². The minimum atomic E-state index is -0.0755.